The van der Waals surface area contributed by atoms with E-state index < -0.39 is 17.1 Å². The van der Waals surface area contributed by atoms with Gasteiger partial charge in [-0.2, -0.15) is 0 Å². The van der Waals surface area contributed by atoms with Gasteiger partial charge in [-0.1, -0.05) is 60.3 Å². The Labute approximate surface area is 252 Å². The molecule has 1 unspecified atom stereocenters. The van der Waals surface area contributed by atoms with Crippen LogP contribution in [-0.4, -0.2) is 51.7 Å². The molecule has 218 valence electrons. The molecule has 0 saturated carbocycles. The minimum Gasteiger partial charge on any atom is -0.467 e. The first-order valence-electron chi connectivity index (χ1n) is 14.0. The number of hydrogen-bond acceptors (Lipinski definition) is 7. The van der Waals surface area contributed by atoms with Crippen LogP contribution in [0.4, 0.5) is 15.8 Å². The Hall–Kier alpha value is -4.54. The number of carbonyl (C=O) groups is 3. The van der Waals surface area contributed by atoms with Gasteiger partial charge < -0.3 is 9.73 Å². The van der Waals surface area contributed by atoms with Crippen LogP contribution in [0, 0.1) is 5.82 Å². The number of rotatable bonds is 9. The number of nitrogens with one attached hydrogen (secondary N) is 1. The van der Waals surface area contributed by atoms with Gasteiger partial charge in [0, 0.05) is 11.3 Å². The van der Waals surface area contributed by atoms with Crippen molar-refractivity contribution >= 4 is 45.9 Å². The van der Waals surface area contributed by atoms with E-state index in [0.29, 0.717) is 40.8 Å². The molecule has 2 aliphatic rings. The molecule has 2 amide bonds. The van der Waals surface area contributed by atoms with Crippen LogP contribution in [0.15, 0.2) is 107 Å². The van der Waals surface area contributed by atoms with Crippen LogP contribution >= 0.6 is 11.8 Å². The zero-order valence-corrected chi connectivity index (χ0v) is 24.0. The molecule has 0 radical (unpaired) electrons. The van der Waals surface area contributed by atoms with Gasteiger partial charge in [0.25, 0.3) is 0 Å². The van der Waals surface area contributed by atoms with Crippen LogP contribution in [0.3, 0.4) is 0 Å². The molecule has 2 fully saturated rings. The van der Waals surface area contributed by atoms with E-state index in [1.165, 1.54) is 23.9 Å². The van der Waals surface area contributed by atoms with E-state index in [-0.39, 0.29) is 30.7 Å². The van der Waals surface area contributed by atoms with E-state index in [1.807, 2.05) is 35.2 Å². The molecule has 2 aliphatic heterocycles. The summed E-state index contributed by atoms with van der Waals surface area (Å²) >= 11 is 1.28. The Kier molecular flexibility index (Phi) is 8.48. The number of anilines is 1. The average Bonchev–Trinajstić information content (AvgIpc) is 3.77. The number of benzene rings is 3. The molecule has 0 bridgehead atoms. The Morgan fingerprint density at radius 1 is 1.00 bits per heavy atom. The number of Topliss-reactive ketones (excluding diaryl/α,β-unsaturated/α-hetero) is 1. The van der Waals surface area contributed by atoms with Crippen molar-refractivity contribution in [2.24, 2.45) is 4.99 Å². The van der Waals surface area contributed by atoms with E-state index in [0.717, 1.165) is 12.0 Å². The molecule has 1 N–H and O–H groups in total. The van der Waals surface area contributed by atoms with Crippen molar-refractivity contribution in [3.05, 3.63) is 120 Å². The molecule has 6 rings (SSSR count). The predicted molar refractivity (Wildman–Crippen MR) is 164 cm³/mol. The van der Waals surface area contributed by atoms with Crippen molar-refractivity contribution in [1.82, 2.24) is 9.80 Å². The number of furan rings is 1. The summed E-state index contributed by atoms with van der Waals surface area (Å²) in [6.45, 7) is 1.07. The molecule has 2 atom stereocenters. The lowest BCUT2D eigenvalue weighted by Gasteiger charge is -2.23. The van der Waals surface area contributed by atoms with Gasteiger partial charge in [-0.3, -0.25) is 24.2 Å². The fourth-order valence-corrected chi connectivity index (χ4v) is 6.46. The summed E-state index contributed by atoms with van der Waals surface area (Å²) < 4.78 is 19.3. The van der Waals surface area contributed by atoms with Gasteiger partial charge in [0.05, 0.1) is 31.1 Å². The van der Waals surface area contributed by atoms with Crippen molar-refractivity contribution in [3.63, 3.8) is 0 Å². The van der Waals surface area contributed by atoms with Crippen molar-refractivity contribution < 1.29 is 23.2 Å². The zero-order valence-electron chi connectivity index (χ0n) is 23.2. The molecule has 1 aromatic heterocycles. The molecular formula is C33H29FN4O4S. The predicted octanol–water partition coefficient (Wildman–Crippen LogP) is 6.21. The summed E-state index contributed by atoms with van der Waals surface area (Å²) in [5.74, 6) is -0.146. The highest BCUT2D eigenvalue weighted by atomic mass is 32.2. The highest BCUT2D eigenvalue weighted by molar-refractivity contribution is 8.15. The summed E-state index contributed by atoms with van der Waals surface area (Å²) in [6.07, 6.45) is 3.06. The van der Waals surface area contributed by atoms with E-state index in [9.17, 15) is 18.8 Å². The van der Waals surface area contributed by atoms with Crippen molar-refractivity contribution in [1.29, 1.82) is 0 Å². The van der Waals surface area contributed by atoms with E-state index in [2.05, 4.69) is 10.3 Å². The molecule has 0 spiro atoms. The third kappa shape index (κ3) is 6.60. The Balaban J connectivity index is 1.14. The van der Waals surface area contributed by atoms with Crippen LogP contribution in [0.1, 0.15) is 39.8 Å². The van der Waals surface area contributed by atoms with Crippen LogP contribution in [0.2, 0.25) is 0 Å². The lowest BCUT2D eigenvalue weighted by molar-refractivity contribution is -0.126. The standard InChI is InChI=1S/C33H29FN4O4S/c34-24-9-4-10-26(19-24)36-33-38(20-27-11-6-18-42-27)32(41)30(43-33)23-13-15-25(16-14-23)35-31(40)28-12-5-17-37(28)21-29(39)22-7-2-1-3-8-22/h1-4,6-11,13-16,18-19,28,30H,5,12,17,20-21H2,(H,35,40)/t28-,30?/m0/s1. The molecular weight excluding hydrogens is 567 g/mol. The highest BCUT2D eigenvalue weighted by Crippen LogP contribution is 2.41. The number of nitrogens with zero attached hydrogens (tertiary/aromatic N) is 3. The second-order valence-corrected chi connectivity index (χ2v) is 11.5. The van der Waals surface area contributed by atoms with Gasteiger partial charge in [-0.05, 0) is 67.4 Å². The van der Waals surface area contributed by atoms with E-state index in [1.54, 1.807) is 59.7 Å². The van der Waals surface area contributed by atoms with E-state index in [4.69, 9.17) is 4.42 Å². The smallest absolute Gasteiger partial charge is 0.247 e. The quantitative estimate of drug-likeness (QED) is 0.231. The molecule has 10 heteroatoms. The Morgan fingerprint density at radius 2 is 1.81 bits per heavy atom. The molecule has 0 aliphatic carbocycles. The van der Waals surface area contributed by atoms with Crippen molar-refractivity contribution in [3.8, 4) is 0 Å². The number of aliphatic imine (C=N–C) groups is 1. The third-order valence-corrected chi connectivity index (χ3v) is 8.69. The van der Waals surface area contributed by atoms with Gasteiger partial charge in [-0.25, -0.2) is 9.38 Å². The normalized spacial score (nSPS) is 19.7. The zero-order chi connectivity index (χ0) is 29.8. The maximum atomic E-state index is 13.8. The third-order valence-electron chi connectivity index (χ3n) is 7.46. The van der Waals surface area contributed by atoms with Crippen LogP contribution in [0.25, 0.3) is 0 Å². The first-order chi connectivity index (χ1) is 20.9. The first-order valence-corrected chi connectivity index (χ1v) is 14.9. The number of amidine groups is 1. The maximum absolute atomic E-state index is 13.8. The molecule has 3 heterocycles. The number of ketones is 1. The molecule has 43 heavy (non-hydrogen) atoms. The minimum absolute atomic E-state index is 0.00946. The fourth-order valence-electron chi connectivity index (χ4n) is 5.29. The molecule has 3 aromatic carbocycles. The topological polar surface area (TPSA) is 95.2 Å². The van der Waals surface area contributed by atoms with Gasteiger partial charge in [0.2, 0.25) is 11.8 Å². The summed E-state index contributed by atoms with van der Waals surface area (Å²) in [5.41, 5.74) is 2.39. The molecule has 2 saturated heterocycles. The Morgan fingerprint density at radius 3 is 2.56 bits per heavy atom. The average molecular weight is 597 g/mol. The second-order valence-electron chi connectivity index (χ2n) is 10.4. The number of amides is 2. The molecule has 4 aromatic rings. The van der Waals surface area contributed by atoms with E-state index >= 15 is 0 Å². The highest BCUT2D eigenvalue weighted by Gasteiger charge is 2.39. The van der Waals surface area contributed by atoms with Gasteiger partial charge in [-0.15, -0.1) is 0 Å². The van der Waals surface area contributed by atoms with Gasteiger partial charge in [0.1, 0.15) is 16.8 Å². The number of carbonyl (C=O) groups excluding carboxylic acids is 3. The number of likely N-dealkylation sites (tertiary alicyclic amines) is 1. The lowest BCUT2D eigenvalue weighted by atomic mass is 10.1. The van der Waals surface area contributed by atoms with Crippen LogP contribution in [0.5, 0.6) is 0 Å². The van der Waals surface area contributed by atoms with Gasteiger partial charge >= 0.3 is 0 Å². The first kappa shape index (κ1) is 28.6. The van der Waals surface area contributed by atoms with Crippen LogP contribution in [-0.2, 0) is 16.1 Å². The number of halogens is 1. The SMILES string of the molecule is O=C(CN1CCC[C@H]1C(=O)Nc1ccc(C2SC(=Nc3cccc(F)c3)N(Cc3ccco3)C2=O)cc1)c1ccccc1. The van der Waals surface area contributed by atoms with Crippen molar-refractivity contribution in [2.75, 3.05) is 18.4 Å². The summed E-state index contributed by atoms with van der Waals surface area (Å²) in [6, 6.07) is 25.3. The van der Waals surface area contributed by atoms with Crippen LogP contribution < -0.4 is 5.32 Å². The summed E-state index contributed by atoms with van der Waals surface area (Å²) in [5, 5.41) is 2.85. The van der Waals surface area contributed by atoms with Gasteiger partial charge in [0.15, 0.2) is 11.0 Å². The summed E-state index contributed by atoms with van der Waals surface area (Å²) in [7, 11) is 0. The Bertz CT molecular complexity index is 1640. The number of hydrogen-bond donors (Lipinski definition) is 1. The largest absolute Gasteiger partial charge is 0.467 e. The lowest BCUT2D eigenvalue weighted by Crippen LogP contribution is -2.42. The maximum Gasteiger partial charge on any atom is 0.247 e. The van der Waals surface area contributed by atoms with Crippen molar-refractivity contribution in [2.45, 2.75) is 30.7 Å². The fraction of sp³-hybridized carbons (Fsp3) is 0.212. The molecule has 8 nitrogen and oxygen atoms in total. The second kappa shape index (κ2) is 12.8. The summed E-state index contributed by atoms with van der Waals surface area (Å²) in [4.78, 5) is 47.5. The monoisotopic (exact) mass is 596 g/mol. The minimum atomic E-state index is -0.568. The number of thioether (sulfide) groups is 1.